The Morgan fingerprint density at radius 1 is 1.37 bits per heavy atom. The van der Waals surface area contributed by atoms with Crippen LogP contribution in [0.1, 0.15) is 17.3 Å². The van der Waals surface area contributed by atoms with Crippen LogP contribution in [0.25, 0.3) is 11.0 Å². The second-order valence-electron chi connectivity index (χ2n) is 4.02. The summed E-state index contributed by atoms with van der Waals surface area (Å²) in [6.07, 6.45) is 3.17. The summed E-state index contributed by atoms with van der Waals surface area (Å²) in [5, 5.41) is 0. The molecule has 1 heterocycles. The van der Waals surface area contributed by atoms with Crippen LogP contribution in [0.4, 0.5) is 0 Å². The molecule has 0 saturated heterocycles. The van der Waals surface area contributed by atoms with Gasteiger partial charge in [0.05, 0.1) is 22.6 Å². The minimum Gasteiger partial charge on any atom is -0.392 e. The summed E-state index contributed by atoms with van der Waals surface area (Å²) in [5.41, 5.74) is 7.31. The second kappa shape index (κ2) is 5.71. The Morgan fingerprint density at radius 3 is 2.79 bits per heavy atom. The molecule has 19 heavy (non-hydrogen) atoms. The number of benzene rings is 1. The molecule has 0 atom stereocenters. The molecule has 0 aliphatic rings. The van der Waals surface area contributed by atoms with E-state index in [1.54, 1.807) is 29.4 Å². The molecule has 98 valence electrons. The van der Waals surface area contributed by atoms with Crippen molar-refractivity contribution in [1.29, 1.82) is 0 Å². The number of carbonyl (C=O) groups is 1. The third kappa shape index (κ3) is 2.85. The van der Waals surface area contributed by atoms with Gasteiger partial charge < -0.3 is 10.6 Å². The first-order valence-corrected chi connectivity index (χ1v) is 6.31. The number of amides is 1. The number of likely N-dealkylation sites (N-methyl/N-ethyl adjacent to an activating group) is 1. The van der Waals surface area contributed by atoms with E-state index in [2.05, 4.69) is 9.97 Å². The molecule has 0 aliphatic carbocycles. The molecule has 0 fully saturated rings. The van der Waals surface area contributed by atoms with Crippen LogP contribution in [0.5, 0.6) is 0 Å². The second-order valence-corrected chi connectivity index (χ2v) is 4.54. The quantitative estimate of drug-likeness (QED) is 0.853. The average Bonchev–Trinajstić information content (AvgIpc) is 2.43. The normalized spacial score (nSPS) is 10.4. The predicted molar refractivity (Wildman–Crippen MR) is 77.9 cm³/mol. The van der Waals surface area contributed by atoms with Gasteiger partial charge >= 0.3 is 0 Å². The number of rotatable bonds is 4. The van der Waals surface area contributed by atoms with Crippen molar-refractivity contribution in [2.45, 2.75) is 6.92 Å². The number of thiocarbonyl (C=S) groups is 1. The van der Waals surface area contributed by atoms with Crippen molar-refractivity contribution in [2.75, 3.05) is 13.1 Å². The summed E-state index contributed by atoms with van der Waals surface area (Å²) < 4.78 is 0. The molecule has 1 amide bonds. The lowest BCUT2D eigenvalue weighted by Crippen LogP contribution is -2.37. The van der Waals surface area contributed by atoms with Crippen LogP contribution in [0, 0.1) is 0 Å². The largest absolute Gasteiger partial charge is 0.392 e. The summed E-state index contributed by atoms with van der Waals surface area (Å²) in [6.45, 7) is 2.68. The third-order valence-corrected chi connectivity index (χ3v) is 2.87. The summed E-state index contributed by atoms with van der Waals surface area (Å²) in [6, 6.07) is 5.35. The van der Waals surface area contributed by atoms with Crippen molar-refractivity contribution >= 4 is 34.1 Å². The van der Waals surface area contributed by atoms with Crippen LogP contribution in [-0.2, 0) is 0 Å². The van der Waals surface area contributed by atoms with E-state index in [0.29, 0.717) is 28.1 Å². The van der Waals surface area contributed by atoms with E-state index in [9.17, 15) is 4.79 Å². The standard InChI is InChI=1S/C13H14N4OS/c1-2-17(8-11(14)19)13(18)9-4-3-5-10-12(9)16-7-6-15-10/h3-7H,2,8H2,1H3,(H2,14,19). The molecule has 5 nitrogen and oxygen atoms in total. The van der Waals surface area contributed by atoms with E-state index >= 15 is 0 Å². The van der Waals surface area contributed by atoms with E-state index in [-0.39, 0.29) is 12.5 Å². The molecule has 1 aromatic carbocycles. The molecule has 2 aromatic rings. The molecule has 0 spiro atoms. The Labute approximate surface area is 116 Å². The lowest BCUT2D eigenvalue weighted by molar-refractivity contribution is 0.0789. The van der Waals surface area contributed by atoms with E-state index < -0.39 is 0 Å². The lowest BCUT2D eigenvalue weighted by Gasteiger charge is -2.20. The summed E-state index contributed by atoms with van der Waals surface area (Å²) in [7, 11) is 0. The average molecular weight is 274 g/mol. The monoisotopic (exact) mass is 274 g/mol. The Hall–Kier alpha value is -2.08. The predicted octanol–water partition coefficient (Wildman–Crippen LogP) is 1.38. The Morgan fingerprint density at radius 2 is 2.11 bits per heavy atom. The van der Waals surface area contributed by atoms with Gasteiger partial charge in [0.15, 0.2) is 0 Å². The maximum Gasteiger partial charge on any atom is 0.256 e. The first-order valence-electron chi connectivity index (χ1n) is 5.90. The highest BCUT2D eigenvalue weighted by molar-refractivity contribution is 7.80. The highest BCUT2D eigenvalue weighted by Crippen LogP contribution is 2.15. The fourth-order valence-corrected chi connectivity index (χ4v) is 2.01. The molecule has 6 heteroatoms. The van der Waals surface area contributed by atoms with Gasteiger partial charge in [0, 0.05) is 18.9 Å². The van der Waals surface area contributed by atoms with Crippen LogP contribution in [-0.4, -0.2) is 38.9 Å². The number of fused-ring (bicyclic) bond motifs is 1. The zero-order valence-corrected chi connectivity index (χ0v) is 11.4. The van der Waals surface area contributed by atoms with Crippen molar-refractivity contribution in [1.82, 2.24) is 14.9 Å². The SMILES string of the molecule is CCN(CC(N)=S)C(=O)c1cccc2nccnc12. The molecular weight excluding hydrogens is 260 g/mol. The summed E-state index contributed by atoms with van der Waals surface area (Å²) in [5.74, 6) is -0.138. The molecule has 2 N–H and O–H groups in total. The van der Waals surface area contributed by atoms with Crippen LogP contribution in [0.15, 0.2) is 30.6 Å². The van der Waals surface area contributed by atoms with Crippen LogP contribution >= 0.6 is 12.2 Å². The number of hydrogen-bond acceptors (Lipinski definition) is 4. The summed E-state index contributed by atoms with van der Waals surface area (Å²) in [4.78, 5) is 22.8. The van der Waals surface area contributed by atoms with E-state index in [0.717, 1.165) is 0 Å². The zero-order valence-electron chi connectivity index (χ0n) is 10.5. The Balaban J connectivity index is 2.43. The third-order valence-electron chi connectivity index (χ3n) is 2.74. The zero-order chi connectivity index (χ0) is 13.8. The molecule has 2 rings (SSSR count). The smallest absolute Gasteiger partial charge is 0.256 e. The highest BCUT2D eigenvalue weighted by atomic mass is 32.1. The van der Waals surface area contributed by atoms with Crippen molar-refractivity contribution < 1.29 is 4.79 Å². The summed E-state index contributed by atoms with van der Waals surface area (Å²) >= 11 is 4.86. The van der Waals surface area contributed by atoms with E-state index in [4.69, 9.17) is 18.0 Å². The fraction of sp³-hybridized carbons (Fsp3) is 0.231. The van der Waals surface area contributed by atoms with Gasteiger partial charge in [-0.1, -0.05) is 18.3 Å². The van der Waals surface area contributed by atoms with Gasteiger partial charge in [-0.25, -0.2) is 0 Å². The van der Waals surface area contributed by atoms with Crippen molar-refractivity contribution in [3.8, 4) is 0 Å². The van der Waals surface area contributed by atoms with Crippen LogP contribution < -0.4 is 5.73 Å². The molecule has 0 unspecified atom stereocenters. The van der Waals surface area contributed by atoms with Gasteiger partial charge in [-0.15, -0.1) is 0 Å². The number of para-hydroxylation sites is 1. The minimum absolute atomic E-state index is 0.138. The minimum atomic E-state index is -0.138. The van der Waals surface area contributed by atoms with Crippen molar-refractivity contribution in [3.63, 3.8) is 0 Å². The van der Waals surface area contributed by atoms with Crippen molar-refractivity contribution in [3.05, 3.63) is 36.2 Å². The maximum atomic E-state index is 12.5. The topological polar surface area (TPSA) is 72.1 Å². The molecule has 0 radical (unpaired) electrons. The number of carbonyl (C=O) groups excluding carboxylic acids is 1. The molecule has 1 aromatic heterocycles. The Bertz CT molecular complexity index is 624. The van der Waals surface area contributed by atoms with Gasteiger partial charge in [-0.3, -0.25) is 14.8 Å². The van der Waals surface area contributed by atoms with Gasteiger partial charge in [-0.05, 0) is 19.1 Å². The van der Waals surface area contributed by atoms with E-state index in [1.165, 1.54) is 0 Å². The first-order chi connectivity index (χ1) is 9.13. The van der Waals surface area contributed by atoms with Gasteiger partial charge in [0.2, 0.25) is 0 Å². The van der Waals surface area contributed by atoms with Crippen LogP contribution in [0.3, 0.4) is 0 Å². The first kappa shape index (κ1) is 13.4. The number of aromatic nitrogens is 2. The van der Waals surface area contributed by atoms with Crippen molar-refractivity contribution in [2.24, 2.45) is 5.73 Å². The highest BCUT2D eigenvalue weighted by Gasteiger charge is 2.18. The molecule has 0 aliphatic heterocycles. The number of nitrogens with two attached hydrogens (primary N) is 1. The fourth-order valence-electron chi connectivity index (χ4n) is 1.85. The van der Waals surface area contributed by atoms with Gasteiger partial charge in [0.1, 0.15) is 5.52 Å². The molecule has 0 saturated carbocycles. The Kier molecular flexibility index (Phi) is 4.01. The number of nitrogens with zero attached hydrogens (tertiary/aromatic N) is 3. The van der Waals surface area contributed by atoms with Crippen LogP contribution in [0.2, 0.25) is 0 Å². The van der Waals surface area contributed by atoms with Gasteiger partial charge in [0.25, 0.3) is 5.91 Å². The van der Waals surface area contributed by atoms with Gasteiger partial charge in [-0.2, -0.15) is 0 Å². The maximum absolute atomic E-state index is 12.5. The lowest BCUT2D eigenvalue weighted by atomic mass is 10.1. The van der Waals surface area contributed by atoms with E-state index in [1.807, 2.05) is 13.0 Å². The molecular formula is C13H14N4OS. The molecule has 0 bridgehead atoms. The number of hydrogen-bond donors (Lipinski definition) is 1.